The lowest BCUT2D eigenvalue weighted by Gasteiger charge is -2.02. The van der Waals surface area contributed by atoms with Crippen molar-refractivity contribution in [3.63, 3.8) is 0 Å². The first-order valence-electron chi connectivity index (χ1n) is 6.13. The Morgan fingerprint density at radius 2 is 1.74 bits per heavy atom. The summed E-state index contributed by atoms with van der Waals surface area (Å²) in [7, 11) is 0. The minimum atomic E-state index is -0.0962. The zero-order valence-corrected chi connectivity index (χ0v) is 10.3. The molecule has 0 bridgehead atoms. The Kier molecular flexibility index (Phi) is 3.02. The van der Waals surface area contributed by atoms with Crippen LogP contribution in [0.2, 0.25) is 0 Å². The van der Waals surface area contributed by atoms with Gasteiger partial charge >= 0.3 is 0 Å². The molecule has 0 saturated heterocycles. The van der Waals surface area contributed by atoms with Crippen LogP contribution >= 0.6 is 0 Å². The van der Waals surface area contributed by atoms with Crippen LogP contribution in [0, 0.1) is 0 Å². The topological polar surface area (TPSA) is 42.2 Å². The monoisotopic (exact) mass is 251 g/mol. The van der Waals surface area contributed by atoms with E-state index in [0.29, 0.717) is 12.1 Å². The Balaban J connectivity index is 1.71. The number of nitrogens with one attached hydrogen (secondary N) is 1. The fourth-order valence-electron chi connectivity index (χ4n) is 1.98. The molecule has 0 saturated carbocycles. The van der Waals surface area contributed by atoms with Gasteiger partial charge in [-0.3, -0.25) is 4.79 Å². The molecule has 94 valence electrons. The van der Waals surface area contributed by atoms with Crippen molar-refractivity contribution in [1.82, 2.24) is 5.32 Å². The predicted octanol–water partition coefficient (Wildman–Crippen LogP) is 3.36. The standard InChI is InChI=1S/C16H13NO2/c18-16(12-6-2-1-3-7-12)17-11-14-10-13-8-4-5-9-15(13)19-14/h1-10H,11H2,(H,17,18). The molecule has 3 rings (SSSR count). The van der Waals surface area contributed by atoms with Gasteiger partial charge in [0.15, 0.2) is 0 Å². The lowest BCUT2D eigenvalue weighted by Crippen LogP contribution is -2.22. The van der Waals surface area contributed by atoms with Crippen LogP contribution in [0.25, 0.3) is 11.0 Å². The average Bonchev–Trinajstić information content (AvgIpc) is 2.88. The van der Waals surface area contributed by atoms with Crippen molar-refractivity contribution < 1.29 is 9.21 Å². The summed E-state index contributed by atoms with van der Waals surface area (Å²) in [6.45, 7) is 0.391. The maximum absolute atomic E-state index is 11.9. The quantitative estimate of drug-likeness (QED) is 0.775. The highest BCUT2D eigenvalue weighted by Crippen LogP contribution is 2.18. The molecule has 19 heavy (non-hydrogen) atoms. The van der Waals surface area contributed by atoms with E-state index in [4.69, 9.17) is 4.42 Å². The number of hydrogen-bond acceptors (Lipinski definition) is 2. The van der Waals surface area contributed by atoms with E-state index in [-0.39, 0.29) is 5.91 Å². The Labute approximate surface area is 110 Å². The van der Waals surface area contributed by atoms with E-state index in [0.717, 1.165) is 16.7 Å². The first kappa shape index (κ1) is 11.5. The van der Waals surface area contributed by atoms with Crippen molar-refractivity contribution in [3.8, 4) is 0 Å². The maximum Gasteiger partial charge on any atom is 0.251 e. The molecule has 0 fully saturated rings. The minimum Gasteiger partial charge on any atom is -0.459 e. The number of carbonyl (C=O) groups excluding carboxylic acids is 1. The number of fused-ring (bicyclic) bond motifs is 1. The van der Waals surface area contributed by atoms with Crippen molar-refractivity contribution in [2.75, 3.05) is 0 Å². The van der Waals surface area contributed by atoms with Gasteiger partial charge in [0.25, 0.3) is 5.91 Å². The number of rotatable bonds is 3. The zero-order chi connectivity index (χ0) is 13.1. The number of benzene rings is 2. The van der Waals surface area contributed by atoms with E-state index in [1.807, 2.05) is 48.5 Å². The molecule has 0 radical (unpaired) electrons. The third-order valence-corrected chi connectivity index (χ3v) is 2.94. The molecule has 3 aromatic rings. The normalized spacial score (nSPS) is 10.5. The second-order valence-electron chi connectivity index (χ2n) is 4.30. The van der Waals surface area contributed by atoms with E-state index in [9.17, 15) is 4.79 Å². The van der Waals surface area contributed by atoms with Gasteiger partial charge in [-0.05, 0) is 24.3 Å². The molecule has 1 aromatic heterocycles. The molecular formula is C16H13NO2. The molecule has 0 atom stereocenters. The molecule has 0 spiro atoms. The number of furan rings is 1. The van der Waals surface area contributed by atoms with Crippen LogP contribution in [0.4, 0.5) is 0 Å². The van der Waals surface area contributed by atoms with Crippen molar-refractivity contribution in [2.24, 2.45) is 0 Å². The summed E-state index contributed by atoms with van der Waals surface area (Å²) < 4.78 is 5.64. The Bertz CT molecular complexity index is 668. The third kappa shape index (κ3) is 2.50. The molecule has 0 unspecified atom stereocenters. The van der Waals surface area contributed by atoms with Gasteiger partial charge < -0.3 is 9.73 Å². The van der Waals surface area contributed by atoms with Gasteiger partial charge in [-0.15, -0.1) is 0 Å². The Hall–Kier alpha value is -2.55. The molecule has 3 nitrogen and oxygen atoms in total. The smallest absolute Gasteiger partial charge is 0.251 e. The summed E-state index contributed by atoms with van der Waals surface area (Å²) in [6, 6.07) is 18.9. The summed E-state index contributed by atoms with van der Waals surface area (Å²) >= 11 is 0. The highest BCUT2D eigenvalue weighted by Gasteiger charge is 2.07. The van der Waals surface area contributed by atoms with Crippen molar-refractivity contribution >= 4 is 16.9 Å². The van der Waals surface area contributed by atoms with E-state index < -0.39 is 0 Å². The summed E-state index contributed by atoms with van der Waals surface area (Å²) in [4.78, 5) is 11.9. The van der Waals surface area contributed by atoms with Crippen LogP contribution in [0.1, 0.15) is 16.1 Å². The molecule has 1 N–H and O–H groups in total. The molecular weight excluding hydrogens is 238 g/mol. The van der Waals surface area contributed by atoms with E-state index >= 15 is 0 Å². The molecule has 1 heterocycles. The zero-order valence-electron chi connectivity index (χ0n) is 10.3. The largest absolute Gasteiger partial charge is 0.459 e. The van der Waals surface area contributed by atoms with Gasteiger partial charge in [-0.25, -0.2) is 0 Å². The molecule has 3 heteroatoms. The first-order valence-corrected chi connectivity index (χ1v) is 6.13. The van der Waals surface area contributed by atoms with E-state index in [1.165, 1.54) is 0 Å². The van der Waals surface area contributed by atoms with E-state index in [1.54, 1.807) is 12.1 Å². The summed E-state index contributed by atoms with van der Waals surface area (Å²) in [5.41, 5.74) is 1.49. The van der Waals surface area contributed by atoms with Crippen LogP contribution in [0.5, 0.6) is 0 Å². The van der Waals surface area contributed by atoms with Crippen molar-refractivity contribution in [3.05, 3.63) is 72.0 Å². The van der Waals surface area contributed by atoms with Gasteiger partial charge in [0, 0.05) is 10.9 Å². The summed E-state index contributed by atoms with van der Waals surface area (Å²) in [6.07, 6.45) is 0. The molecule has 2 aromatic carbocycles. The van der Waals surface area contributed by atoms with Gasteiger partial charge in [0.05, 0.1) is 6.54 Å². The Morgan fingerprint density at radius 3 is 2.53 bits per heavy atom. The molecule has 0 aliphatic heterocycles. The highest BCUT2D eigenvalue weighted by atomic mass is 16.3. The molecule has 0 aliphatic rings. The number of hydrogen-bond donors (Lipinski definition) is 1. The lowest BCUT2D eigenvalue weighted by molar-refractivity contribution is 0.0948. The van der Waals surface area contributed by atoms with Gasteiger partial charge in [0.2, 0.25) is 0 Å². The maximum atomic E-state index is 11.9. The van der Waals surface area contributed by atoms with Gasteiger partial charge in [0.1, 0.15) is 11.3 Å². The second kappa shape index (κ2) is 4.98. The average molecular weight is 251 g/mol. The molecule has 0 aliphatic carbocycles. The fourth-order valence-corrected chi connectivity index (χ4v) is 1.98. The predicted molar refractivity (Wildman–Crippen MR) is 73.8 cm³/mol. The van der Waals surface area contributed by atoms with Crippen molar-refractivity contribution in [1.29, 1.82) is 0 Å². The summed E-state index contributed by atoms with van der Waals surface area (Å²) in [5.74, 6) is 0.659. The third-order valence-electron chi connectivity index (χ3n) is 2.94. The minimum absolute atomic E-state index is 0.0962. The number of amides is 1. The Morgan fingerprint density at radius 1 is 1.00 bits per heavy atom. The lowest BCUT2D eigenvalue weighted by atomic mass is 10.2. The number of para-hydroxylation sites is 1. The van der Waals surface area contributed by atoms with Crippen LogP contribution in [-0.2, 0) is 6.54 Å². The number of carbonyl (C=O) groups is 1. The van der Waals surface area contributed by atoms with Crippen LogP contribution in [-0.4, -0.2) is 5.91 Å². The second-order valence-corrected chi connectivity index (χ2v) is 4.30. The SMILES string of the molecule is O=C(NCc1cc2ccccc2o1)c1ccccc1. The van der Waals surface area contributed by atoms with Crippen LogP contribution in [0.15, 0.2) is 65.1 Å². The first-order chi connectivity index (χ1) is 9.33. The fraction of sp³-hybridized carbons (Fsp3) is 0.0625. The van der Waals surface area contributed by atoms with E-state index in [2.05, 4.69) is 5.32 Å². The van der Waals surface area contributed by atoms with Gasteiger partial charge in [-0.2, -0.15) is 0 Å². The van der Waals surface area contributed by atoms with Crippen molar-refractivity contribution in [2.45, 2.75) is 6.54 Å². The molecule has 1 amide bonds. The summed E-state index contributed by atoms with van der Waals surface area (Å²) in [5, 5.41) is 3.89. The highest BCUT2D eigenvalue weighted by molar-refractivity contribution is 5.94. The van der Waals surface area contributed by atoms with Gasteiger partial charge in [-0.1, -0.05) is 36.4 Å². The van der Waals surface area contributed by atoms with Crippen LogP contribution in [0.3, 0.4) is 0 Å². The van der Waals surface area contributed by atoms with Crippen LogP contribution < -0.4 is 5.32 Å².